The lowest BCUT2D eigenvalue weighted by molar-refractivity contribution is 0.0953. The zero-order chi connectivity index (χ0) is 17.2. The number of amides is 1. The molecule has 0 spiro atoms. The third-order valence-electron chi connectivity index (χ3n) is 4.98. The Hall–Kier alpha value is -2.70. The molecule has 1 aliphatic rings. The molecule has 0 atom stereocenters. The van der Waals surface area contributed by atoms with Gasteiger partial charge in [-0.05, 0) is 25.0 Å². The van der Waals surface area contributed by atoms with Crippen molar-refractivity contribution in [2.24, 2.45) is 7.05 Å². The highest BCUT2D eigenvalue weighted by Crippen LogP contribution is 2.31. The number of hydrogen-bond donors (Lipinski definition) is 1. The largest absolute Gasteiger partial charge is 0.352 e. The van der Waals surface area contributed by atoms with Crippen molar-refractivity contribution in [2.75, 3.05) is 6.54 Å². The molecule has 0 bridgehead atoms. The Kier molecular flexibility index (Phi) is 4.21. The molecular formula is C18H22N6O. The van der Waals surface area contributed by atoms with E-state index < -0.39 is 0 Å². The first-order chi connectivity index (χ1) is 12.2. The summed E-state index contributed by atoms with van der Waals surface area (Å²) in [6.45, 7) is 0.562. The molecule has 0 radical (unpaired) electrons. The normalized spacial score (nSPS) is 15.1. The van der Waals surface area contributed by atoms with Gasteiger partial charge in [-0.15, -0.1) is 0 Å². The van der Waals surface area contributed by atoms with Crippen molar-refractivity contribution >= 4 is 17.1 Å². The molecule has 3 heterocycles. The van der Waals surface area contributed by atoms with Crippen LogP contribution in [0.1, 0.15) is 47.8 Å². The van der Waals surface area contributed by atoms with Gasteiger partial charge >= 0.3 is 0 Å². The number of nitrogens with one attached hydrogen (secondary N) is 1. The Labute approximate surface area is 146 Å². The van der Waals surface area contributed by atoms with Gasteiger partial charge in [0.1, 0.15) is 5.52 Å². The number of carbonyl (C=O) groups excluding carboxylic acids is 1. The molecule has 1 fully saturated rings. The Bertz CT molecular complexity index is 890. The van der Waals surface area contributed by atoms with E-state index in [0.29, 0.717) is 18.2 Å². The topological polar surface area (TPSA) is 77.6 Å². The van der Waals surface area contributed by atoms with Gasteiger partial charge in [-0.1, -0.05) is 12.8 Å². The zero-order valence-corrected chi connectivity index (χ0v) is 14.4. The van der Waals surface area contributed by atoms with Crippen LogP contribution in [0, 0.1) is 0 Å². The summed E-state index contributed by atoms with van der Waals surface area (Å²) in [7, 11) is 1.90. The molecule has 3 aromatic rings. The molecular weight excluding hydrogens is 316 g/mol. The van der Waals surface area contributed by atoms with E-state index in [1.54, 1.807) is 12.4 Å². The Morgan fingerprint density at radius 1 is 1.32 bits per heavy atom. The Morgan fingerprint density at radius 3 is 2.92 bits per heavy atom. The van der Waals surface area contributed by atoms with Crippen molar-refractivity contribution < 1.29 is 4.79 Å². The average Bonchev–Trinajstić information content (AvgIpc) is 3.34. The highest BCUT2D eigenvalue weighted by molar-refractivity contribution is 5.96. The number of hydrogen-bond acceptors (Lipinski definition) is 4. The maximum atomic E-state index is 12.4. The van der Waals surface area contributed by atoms with Gasteiger partial charge in [-0.25, -0.2) is 9.97 Å². The number of rotatable bonds is 5. The van der Waals surface area contributed by atoms with Crippen LogP contribution < -0.4 is 5.32 Å². The van der Waals surface area contributed by atoms with Gasteiger partial charge in [0.05, 0.1) is 11.9 Å². The molecule has 1 aliphatic carbocycles. The van der Waals surface area contributed by atoms with Crippen LogP contribution in [0.25, 0.3) is 11.2 Å². The second-order valence-corrected chi connectivity index (χ2v) is 6.61. The van der Waals surface area contributed by atoms with Gasteiger partial charge in [-0.2, -0.15) is 5.10 Å². The summed E-state index contributed by atoms with van der Waals surface area (Å²) in [4.78, 5) is 21.3. The van der Waals surface area contributed by atoms with Crippen LogP contribution in [0.5, 0.6) is 0 Å². The summed E-state index contributed by atoms with van der Waals surface area (Å²) in [6.07, 6.45) is 10.9. The van der Waals surface area contributed by atoms with E-state index in [2.05, 4.69) is 25.0 Å². The van der Waals surface area contributed by atoms with Crippen LogP contribution in [0.4, 0.5) is 0 Å². The summed E-state index contributed by atoms with van der Waals surface area (Å²) in [5.41, 5.74) is 3.29. The van der Waals surface area contributed by atoms with Crippen LogP contribution in [-0.2, 0) is 13.5 Å². The summed E-state index contributed by atoms with van der Waals surface area (Å²) < 4.78 is 3.97. The number of imidazole rings is 1. The van der Waals surface area contributed by atoms with Crippen LogP contribution in [0.15, 0.2) is 30.9 Å². The minimum Gasteiger partial charge on any atom is -0.352 e. The SMILES string of the molecule is Cn1nccc1CCNC(=O)c1cnc2c(c1)ncn2C1CCCC1. The molecule has 130 valence electrons. The van der Waals surface area contributed by atoms with Crippen molar-refractivity contribution in [1.82, 2.24) is 29.6 Å². The van der Waals surface area contributed by atoms with Crippen molar-refractivity contribution in [3.05, 3.63) is 42.1 Å². The molecule has 1 amide bonds. The molecule has 25 heavy (non-hydrogen) atoms. The monoisotopic (exact) mass is 338 g/mol. The minimum absolute atomic E-state index is 0.119. The Morgan fingerprint density at radius 2 is 2.16 bits per heavy atom. The summed E-state index contributed by atoms with van der Waals surface area (Å²) >= 11 is 0. The van der Waals surface area contributed by atoms with Crippen molar-refractivity contribution in [1.29, 1.82) is 0 Å². The zero-order valence-electron chi connectivity index (χ0n) is 14.4. The number of nitrogens with zero attached hydrogens (tertiary/aromatic N) is 5. The first-order valence-electron chi connectivity index (χ1n) is 8.80. The van der Waals surface area contributed by atoms with E-state index in [-0.39, 0.29) is 5.91 Å². The van der Waals surface area contributed by atoms with Gasteiger partial charge in [0.15, 0.2) is 5.65 Å². The highest BCUT2D eigenvalue weighted by atomic mass is 16.1. The van der Waals surface area contributed by atoms with E-state index in [1.807, 2.05) is 30.2 Å². The van der Waals surface area contributed by atoms with Gasteiger partial charge in [0.2, 0.25) is 0 Å². The fraction of sp³-hybridized carbons (Fsp3) is 0.444. The number of pyridine rings is 1. The molecule has 1 saturated carbocycles. The summed E-state index contributed by atoms with van der Waals surface area (Å²) in [6, 6.07) is 4.28. The molecule has 4 rings (SSSR count). The third kappa shape index (κ3) is 3.14. The fourth-order valence-electron chi connectivity index (χ4n) is 3.55. The van der Waals surface area contributed by atoms with Crippen LogP contribution in [0.3, 0.4) is 0 Å². The number of aryl methyl sites for hydroxylation is 1. The molecule has 7 heteroatoms. The lowest BCUT2D eigenvalue weighted by Gasteiger charge is -2.11. The van der Waals surface area contributed by atoms with E-state index in [0.717, 1.165) is 23.3 Å². The fourth-order valence-corrected chi connectivity index (χ4v) is 3.55. The number of fused-ring (bicyclic) bond motifs is 1. The molecule has 7 nitrogen and oxygen atoms in total. The second kappa shape index (κ2) is 6.66. The maximum Gasteiger partial charge on any atom is 0.252 e. The van der Waals surface area contributed by atoms with Gasteiger partial charge in [-0.3, -0.25) is 9.48 Å². The second-order valence-electron chi connectivity index (χ2n) is 6.61. The molecule has 3 aromatic heterocycles. The number of carbonyl (C=O) groups is 1. The third-order valence-corrected chi connectivity index (χ3v) is 4.98. The first-order valence-corrected chi connectivity index (χ1v) is 8.80. The van der Waals surface area contributed by atoms with Crippen molar-refractivity contribution in [3.63, 3.8) is 0 Å². The highest BCUT2D eigenvalue weighted by Gasteiger charge is 2.20. The van der Waals surface area contributed by atoms with Gasteiger partial charge in [0, 0.05) is 44.1 Å². The molecule has 0 unspecified atom stereocenters. The number of aromatic nitrogens is 5. The van der Waals surface area contributed by atoms with Crippen LogP contribution >= 0.6 is 0 Å². The molecule has 1 N–H and O–H groups in total. The first kappa shape index (κ1) is 15.8. The van der Waals surface area contributed by atoms with Crippen LogP contribution in [-0.4, -0.2) is 36.8 Å². The minimum atomic E-state index is -0.119. The van der Waals surface area contributed by atoms with E-state index >= 15 is 0 Å². The predicted octanol–water partition coefficient (Wildman–Crippen LogP) is 2.25. The Balaban J connectivity index is 1.44. The standard InChI is InChI=1S/C18H22N6O/c1-23-14(7-9-22-23)6-8-19-18(25)13-10-16-17(20-11-13)24(12-21-16)15-4-2-3-5-15/h7,9-12,15H,2-6,8H2,1H3,(H,19,25). The van der Waals surface area contributed by atoms with Gasteiger partial charge in [0.25, 0.3) is 5.91 Å². The van der Waals surface area contributed by atoms with Gasteiger partial charge < -0.3 is 9.88 Å². The van der Waals surface area contributed by atoms with E-state index in [9.17, 15) is 4.79 Å². The summed E-state index contributed by atoms with van der Waals surface area (Å²) in [5.74, 6) is -0.119. The van der Waals surface area contributed by atoms with Crippen LogP contribution in [0.2, 0.25) is 0 Å². The maximum absolute atomic E-state index is 12.4. The lowest BCUT2D eigenvalue weighted by Crippen LogP contribution is -2.26. The van der Waals surface area contributed by atoms with E-state index in [4.69, 9.17) is 0 Å². The summed E-state index contributed by atoms with van der Waals surface area (Å²) in [5, 5.41) is 7.06. The van der Waals surface area contributed by atoms with Crippen molar-refractivity contribution in [2.45, 2.75) is 38.1 Å². The molecule has 0 aromatic carbocycles. The average molecular weight is 338 g/mol. The lowest BCUT2D eigenvalue weighted by atomic mass is 10.2. The smallest absolute Gasteiger partial charge is 0.252 e. The van der Waals surface area contributed by atoms with Crippen molar-refractivity contribution in [3.8, 4) is 0 Å². The predicted molar refractivity (Wildman–Crippen MR) is 94.3 cm³/mol. The van der Waals surface area contributed by atoms with E-state index in [1.165, 1.54) is 25.7 Å². The molecule has 0 saturated heterocycles. The quantitative estimate of drug-likeness (QED) is 0.774. The molecule has 0 aliphatic heterocycles.